The Bertz CT molecular complexity index is 564. The average molecular weight is 302 g/mol. The first kappa shape index (κ1) is 16.2. The number of nitro benzene ring substituents is 1. The van der Waals surface area contributed by atoms with Gasteiger partial charge in [-0.1, -0.05) is 23.8 Å². The van der Waals surface area contributed by atoms with Gasteiger partial charge in [0.2, 0.25) is 5.91 Å². The van der Waals surface area contributed by atoms with Crippen molar-refractivity contribution in [2.75, 3.05) is 6.54 Å². The highest BCUT2D eigenvalue weighted by atomic mass is 16.6. The summed E-state index contributed by atoms with van der Waals surface area (Å²) in [5.41, 5.74) is 2.27. The largest absolute Gasteiger partial charge is 0.355 e. The highest BCUT2D eigenvalue weighted by Gasteiger charge is 2.16. The summed E-state index contributed by atoms with van der Waals surface area (Å²) >= 11 is 0. The summed E-state index contributed by atoms with van der Waals surface area (Å²) in [6.07, 6.45) is 8.02. The van der Waals surface area contributed by atoms with Gasteiger partial charge in [-0.2, -0.15) is 0 Å². The van der Waals surface area contributed by atoms with E-state index < -0.39 is 4.92 Å². The van der Waals surface area contributed by atoms with Crippen molar-refractivity contribution >= 4 is 11.6 Å². The zero-order valence-electron chi connectivity index (χ0n) is 12.9. The molecule has 22 heavy (non-hydrogen) atoms. The average Bonchev–Trinajstić information content (AvgIpc) is 2.55. The third-order valence-corrected chi connectivity index (χ3v) is 4.13. The summed E-state index contributed by atoms with van der Waals surface area (Å²) < 4.78 is 0. The van der Waals surface area contributed by atoms with Crippen molar-refractivity contribution in [3.63, 3.8) is 0 Å². The van der Waals surface area contributed by atoms with Crippen LogP contribution in [-0.2, 0) is 4.79 Å². The quantitative estimate of drug-likeness (QED) is 0.494. The van der Waals surface area contributed by atoms with Gasteiger partial charge in [0.1, 0.15) is 0 Å². The van der Waals surface area contributed by atoms with Crippen LogP contribution in [0.25, 0.3) is 0 Å². The van der Waals surface area contributed by atoms with Crippen molar-refractivity contribution < 1.29 is 9.72 Å². The first-order valence-corrected chi connectivity index (χ1v) is 7.78. The second-order valence-corrected chi connectivity index (χ2v) is 5.72. The van der Waals surface area contributed by atoms with E-state index in [1.807, 2.05) is 6.92 Å². The van der Waals surface area contributed by atoms with Crippen molar-refractivity contribution in [3.05, 3.63) is 51.6 Å². The molecule has 1 aliphatic carbocycles. The maximum absolute atomic E-state index is 12.1. The molecule has 2 rings (SSSR count). The Kier molecular flexibility index (Phi) is 5.69. The summed E-state index contributed by atoms with van der Waals surface area (Å²) in [7, 11) is 0. The van der Waals surface area contributed by atoms with Crippen molar-refractivity contribution in [1.29, 1.82) is 0 Å². The van der Waals surface area contributed by atoms with E-state index in [0.29, 0.717) is 6.54 Å². The van der Waals surface area contributed by atoms with Crippen LogP contribution in [-0.4, -0.2) is 17.4 Å². The SMILES string of the molecule is C[C@H](C(=O)NCCC1=CCCCC1)c1ccc([N+](=O)[O-])cc1. The second kappa shape index (κ2) is 7.73. The molecule has 1 aliphatic rings. The van der Waals surface area contributed by atoms with Gasteiger partial charge in [0.15, 0.2) is 0 Å². The number of benzene rings is 1. The van der Waals surface area contributed by atoms with Crippen LogP contribution in [0.1, 0.15) is 50.5 Å². The van der Waals surface area contributed by atoms with Crippen LogP contribution < -0.4 is 5.32 Å². The van der Waals surface area contributed by atoms with Gasteiger partial charge in [-0.05, 0) is 44.6 Å². The van der Waals surface area contributed by atoms with Crippen LogP contribution in [0, 0.1) is 10.1 Å². The van der Waals surface area contributed by atoms with Gasteiger partial charge in [0, 0.05) is 18.7 Å². The van der Waals surface area contributed by atoms with E-state index >= 15 is 0 Å². The molecule has 0 bridgehead atoms. The molecule has 0 aromatic heterocycles. The molecule has 0 fully saturated rings. The summed E-state index contributed by atoms with van der Waals surface area (Å²) in [5, 5.41) is 13.6. The monoisotopic (exact) mass is 302 g/mol. The molecule has 1 amide bonds. The smallest absolute Gasteiger partial charge is 0.269 e. The predicted octanol–water partition coefficient (Wildman–Crippen LogP) is 3.71. The Morgan fingerprint density at radius 3 is 2.64 bits per heavy atom. The van der Waals surface area contributed by atoms with E-state index in [1.165, 1.54) is 30.5 Å². The van der Waals surface area contributed by atoms with Gasteiger partial charge in [-0.3, -0.25) is 14.9 Å². The third kappa shape index (κ3) is 4.41. The molecular formula is C17H22N2O3. The third-order valence-electron chi connectivity index (χ3n) is 4.13. The van der Waals surface area contributed by atoms with Gasteiger partial charge in [-0.15, -0.1) is 0 Å². The first-order chi connectivity index (χ1) is 10.6. The number of allylic oxidation sites excluding steroid dienone is 1. The molecule has 1 atom stereocenters. The number of amides is 1. The molecule has 0 radical (unpaired) electrons. The number of nitrogens with zero attached hydrogens (tertiary/aromatic N) is 1. The molecular weight excluding hydrogens is 280 g/mol. The van der Waals surface area contributed by atoms with Crippen LogP contribution in [0.3, 0.4) is 0 Å². The van der Waals surface area contributed by atoms with E-state index in [-0.39, 0.29) is 17.5 Å². The molecule has 0 heterocycles. The number of nitro groups is 1. The molecule has 0 saturated carbocycles. The summed E-state index contributed by atoms with van der Waals surface area (Å²) in [6, 6.07) is 6.16. The van der Waals surface area contributed by atoms with E-state index in [2.05, 4.69) is 11.4 Å². The van der Waals surface area contributed by atoms with Crippen molar-refractivity contribution in [3.8, 4) is 0 Å². The Labute approximate surface area is 130 Å². The minimum absolute atomic E-state index is 0.0368. The Balaban J connectivity index is 1.83. The van der Waals surface area contributed by atoms with E-state index in [1.54, 1.807) is 12.1 Å². The fourth-order valence-corrected chi connectivity index (χ4v) is 2.67. The normalized spacial score (nSPS) is 15.8. The van der Waals surface area contributed by atoms with Crippen molar-refractivity contribution in [2.24, 2.45) is 0 Å². The van der Waals surface area contributed by atoms with Gasteiger partial charge in [-0.25, -0.2) is 0 Å². The molecule has 0 spiro atoms. The maximum atomic E-state index is 12.1. The lowest BCUT2D eigenvalue weighted by Gasteiger charge is -2.15. The Hall–Kier alpha value is -2.17. The molecule has 5 heteroatoms. The number of nitrogens with one attached hydrogen (secondary N) is 1. The van der Waals surface area contributed by atoms with E-state index in [4.69, 9.17) is 0 Å². The molecule has 0 aliphatic heterocycles. The molecule has 1 aromatic carbocycles. The van der Waals surface area contributed by atoms with Gasteiger partial charge in [0.05, 0.1) is 10.8 Å². The van der Waals surface area contributed by atoms with Gasteiger partial charge in [0.25, 0.3) is 5.69 Å². The molecule has 1 aromatic rings. The Morgan fingerprint density at radius 2 is 2.05 bits per heavy atom. The topological polar surface area (TPSA) is 72.2 Å². The molecule has 0 unspecified atom stereocenters. The molecule has 5 nitrogen and oxygen atoms in total. The first-order valence-electron chi connectivity index (χ1n) is 7.78. The van der Waals surface area contributed by atoms with E-state index in [0.717, 1.165) is 24.8 Å². The van der Waals surface area contributed by atoms with Crippen LogP contribution in [0.2, 0.25) is 0 Å². The van der Waals surface area contributed by atoms with Crippen molar-refractivity contribution in [1.82, 2.24) is 5.32 Å². The highest BCUT2D eigenvalue weighted by Crippen LogP contribution is 2.21. The minimum Gasteiger partial charge on any atom is -0.355 e. The number of carbonyl (C=O) groups excluding carboxylic acids is 1. The van der Waals surface area contributed by atoms with Crippen LogP contribution in [0.4, 0.5) is 5.69 Å². The number of hydrogen-bond donors (Lipinski definition) is 1. The maximum Gasteiger partial charge on any atom is 0.269 e. The minimum atomic E-state index is -0.438. The Morgan fingerprint density at radius 1 is 1.32 bits per heavy atom. The number of hydrogen-bond acceptors (Lipinski definition) is 3. The fourth-order valence-electron chi connectivity index (χ4n) is 2.67. The second-order valence-electron chi connectivity index (χ2n) is 5.72. The summed E-state index contributed by atoms with van der Waals surface area (Å²) in [5.74, 6) is -0.341. The highest BCUT2D eigenvalue weighted by molar-refractivity contribution is 5.83. The predicted molar refractivity (Wildman–Crippen MR) is 85.7 cm³/mol. The lowest BCUT2D eigenvalue weighted by molar-refractivity contribution is -0.384. The summed E-state index contributed by atoms with van der Waals surface area (Å²) in [6.45, 7) is 2.47. The zero-order chi connectivity index (χ0) is 15.9. The number of rotatable bonds is 6. The van der Waals surface area contributed by atoms with Gasteiger partial charge >= 0.3 is 0 Å². The lowest BCUT2D eigenvalue weighted by Crippen LogP contribution is -2.29. The standard InChI is InChI=1S/C17H22N2O3/c1-13(15-7-9-16(10-8-15)19(21)22)17(20)18-12-11-14-5-3-2-4-6-14/h5,7-10,13H,2-4,6,11-12H2,1H3,(H,18,20)/t13-/m0/s1. The number of non-ortho nitro benzene ring substituents is 1. The number of carbonyl (C=O) groups is 1. The van der Waals surface area contributed by atoms with E-state index in [9.17, 15) is 14.9 Å². The van der Waals surface area contributed by atoms with Crippen LogP contribution in [0.15, 0.2) is 35.9 Å². The lowest BCUT2D eigenvalue weighted by atomic mass is 9.97. The van der Waals surface area contributed by atoms with Gasteiger partial charge < -0.3 is 5.32 Å². The van der Waals surface area contributed by atoms with Crippen LogP contribution >= 0.6 is 0 Å². The van der Waals surface area contributed by atoms with Crippen molar-refractivity contribution in [2.45, 2.75) is 44.9 Å². The zero-order valence-corrected chi connectivity index (χ0v) is 12.9. The fraction of sp³-hybridized carbons (Fsp3) is 0.471. The van der Waals surface area contributed by atoms with Crippen LogP contribution in [0.5, 0.6) is 0 Å². The summed E-state index contributed by atoms with van der Waals surface area (Å²) in [4.78, 5) is 22.3. The molecule has 1 N–H and O–H groups in total. The molecule has 0 saturated heterocycles. The molecule has 118 valence electrons.